The van der Waals surface area contributed by atoms with Crippen molar-refractivity contribution in [3.8, 4) is 0 Å². The largest absolute Gasteiger partial charge is 0.381 e. The van der Waals surface area contributed by atoms with Crippen LogP contribution in [0.2, 0.25) is 0 Å². The Morgan fingerprint density at radius 3 is 2.65 bits per heavy atom. The van der Waals surface area contributed by atoms with Gasteiger partial charge in [-0.25, -0.2) is 12.8 Å². The minimum Gasteiger partial charge on any atom is -0.381 e. The van der Waals surface area contributed by atoms with Crippen molar-refractivity contribution in [2.24, 2.45) is 0 Å². The summed E-state index contributed by atoms with van der Waals surface area (Å²) >= 11 is 0. The van der Waals surface area contributed by atoms with Gasteiger partial charge in [-0.3, -0.25) is 0 Å². The molecule has 1 aromatic carbocycles. The second kappa shape index (κ2) is 4.33. The molecular weight excluding hydrogens is 287 g/mol. The number of hydrogen-bond donors (Lipinski definition) is 2. The number of hydrogen-bond acceptors (Lipinski definition) is 5. The Bertz CT molecular complexity index is 726. The highest BCUT2D eigenvalue weighted by Gasteiger charge is 2.50. The molecule has 7 nitrogen and oxygen atoms in total. The van der Waals surface area contributed by atoms with Crippen LogP contribution in [0.1, 0.15) is 5.69 Å². The topological polar surface area (TPSA) is 99.2 Å². The predicted octanol–water partition coefficient (Wildman–Crippen LogP) is -0.164. The summed E-state index contributed by atoms with van der Waals surface area (Å²) in [6.45, 7) is -0.369. The summed E-state index contributed by atoms with van der Waals surface area (Å²) in [4.78, 5) is -0.401. The van der Waals surface area contributed by atoms with E-state index in [-0.39, 0.29) is 18.8 Å². The van der Waals surface area contributed by atoms with E-state index < -0.39 is 26.3 Å². The lowest BCUT2D eigenvalue weighted by Gasteiger charge is -2.43. The Hall–Kier alpha value is -1.84. The number of benzene rings is 1. The van der Waals surface area contributed by atoms with Gasteiger partial charge in [0.05, 0.1) is 19.3 Å². The molecule has 9 heteroatoms. The van der Waals surface area contributed by atoms with Crippen LogP contribution in [-0.2, 0) is 15.6 Å². The molecule has 2 N–H and O–H groups in total. The van der Waals surface area contributed by atoms with Crippen LogP contribution < -0.4 is 0 Å². The van der Waals surface area contributed by atoms with Crippen LogP contribution in [-0.4, -0.2) is 46.3 Å². The van der Waals surface area contributed by atoms with E-state index in [9.17, 15) is 17.9 Å². The molecule has 1 saturated heterocycles. The summed E-state index contributed by atoms with van der Waals surface area (Å²) in [7, 11) is -3.96. The Balaban J connectivity index is 1.85. The summed E-state index contributed by atoms with van der Waals surface area (Å²) in [6.07, 6.45) is 1.33. The van der Waals surface area contributed by atoms with E-state index in [0.29, 0.717) is 0 Å². The molecule has 0 saturated carbocycles. The van der Waals surface area contributed by atoms with Crippen molar-refractivity contribution < 1.29 is 17.9 Å². The molecule has 2 aromatic rings. The monoisotopic (exact) mass is 298 g/mol. The standard InChI is InChI=1S/C11H11FN4O3S/c12-8-3-1-2-4-9(8)20(18,19)16-6-11(17,7-16)10-5-13-15-14-10/h1-5,17H,6-7H2,(H,13,14,15). The Morgan fingerprint density at radius 2 is 2.05 bits per heavy atom. The molecule has 0 bridgehead atoms. The lowest BCUT2D eigenvalue weighted by atomic mass is 9.94. The average molecular weight is 298 g/mol. The Kier molecular flexibility index (Phi) is 2.85. The molecule has 1 aliphatic heterocycles. The number of aliphatic hydroxyl groups is 1. The second-order valence-electron chi connectivity index (χ2n) is 4.59. The number of halogens is 1. The third-order valence-electron chi connectivity index (χ3n) is 3.22. The zero-order valence-electron chi connectivity index (χ0n) is 10.2. The van der Waals surface area contributed by atoms with Crippen LogP contribution in [0.15, 0.2) is 35.4 Å². The van der Waals surface area contributed by atoms with Crippen LogP contribution >= 0.6 is 0 Å². The van der Waals surface area contributed by atoms with Crippen LogP contribution in [0.4, 0.5) is 4.39 Å². The molecule has 0 atom stereocenters. The zero-order valence-corrected chi connectivity index (χ0v) is 11.0. The van der Waals surface area contributed by atoms with E-state index in [2.05, 4.69) is 15.4 Å². The van der Waals surface area contributed by atoms with Crippen molar-refractivity contribution in [2.45, 2.75) is 10.5 Å². The number of sulfonamides is 1. The van der Waals surface area contributed by atoms with E-state index in [0.717, 1.165) is 10.4 Å². The van der Waals surface area contributed by atoms with Crippen molar-refractivity contribution >= 4 is 10.0 Å². The van der Waals surface area contributed by atoms with Gasteiger partial charge in [0.2, 0.25) is 10.0 Å². The molecule has 1 aromatic heterocycles. The summed E-state index contributed by atoms with van der Waals surface area (Å²) < 4.78 is 39.0. The van der Waals surface area contributed by atoms with Crippen molar-refractivity contribution in [1.29, 1.82) is 0 Å². The van der Waals surface area contributed by atoms with Gasteiger partial charge in [0.1, 0.15) is 22.0 Å². The number of aromatic nitrogens is 3. The molecular formula is C11H11FN4O3S. The van der Waals surface area contributed by atoms with Gasteiger partial charge in [0.15, 0.2) is 0 Å². The van der Waals surface area contributed by atoms with E-state index in [1.54, 1.807) is 0 Å². The van der Waals surface area contributed by atoms with Gasteiger partial charge in [0, 0.05) is 0 Å². The average Bonchev–Trinajstić information content (AvgIpc) is 2.89. The van der Waals surface area contributed by atoms with Crippen molar-refractivity contribution in [2.75, 3.05) is 13.1 Å². The fraction of sp³-hybridized carbons (Fsp3) is 0.273. The first kappa shape index (κ1) is 13.2. The summed E-state index contributed by atoms with van der Waals surface area (Å²) in [5, 5.41) is 19.8. The maximum Gasteiger partial charge on any atom is 0.246 e. The first-order valence-corrected chi connectivity index (χ1v) is 7.21. The minimum absolute atomic E-state index is 0.184. The maximum atomic E-state index is 13.6. The maximum absolute atomic E-state index is 13.6. The normalized spacial score (nSPS) is 18.7. The number of nitrogens with zero attached hydrogens (tertiary/aromatic N) is 3. The summed E-state index contributed by atoms with van der Waals surface area (Å²) in [5.41, 5.74) is -1.12. The minimum atomic E-state index is -3.96. The molecule has 1 fully saturated rings. The lowest BCUT2D eigenvalue weighted by Crippen LogP contribution is -2.61. The molecule has 1 aliphatic rings. The highest BCUT2D eigenvalue weighted by atomic mass is 32.2. The number of rotatable bonds is 3. The molecule has 20 heavy (non-hydrogen) atoms. The van der Waals surface area contributed by atoms with E-state index >= 15 is 0 Å². The first-order valence-electron chi connectivity index (χ1n) is 5.77. The van der Waals surface area contributed by atoms with Crippen molar-refractivity contribution in [3.63, 3.8) is 0 Å². The van der Waals surface area contributed by atoms with Gasteiger partial charge in [0.25, 0.3) is 0 Å². The van der Waals surface area contributed by atoms with E-state index in [1.807, 2.05) is 0 Å². The molecule has 0 radical (unpaired) electrons. The highest BCUT2D eigenvalue weighted by molar-refractivity contribution is 7.89. The summed E-state index contributed by atoms with van der Waals surface area (Å²) in [6, 6.07) is 5.13. The fourth-order valence-electron chi connectivity index (χ4n) is 2.09. The quantitative estimate of drug-likeness (QED) is 0.820. The first-order chi connectivity index (χ1) is 9.43. The smallest absolute Gasteiger partial charge is 0.246 e. The third kappa shape index (κ3) is 1.90. The predicted molar refractivity (Wildman–Crippen MR) is 65.4 cm³/mol. The second-order valence-corrected chi connectivity index (χ2v) is 6.50. The van der Waals surface area contributed by atoms with Crippen molar-refractivity contribution in [1.82, 2.24) is 19.7 Å². The van der Waals surface area contributed by atoms with E-state index in [1.165, 1.54) is 24.4 Å². The van der Waals surface area contributed by atoms with Crippen molar-refractivity contribution in [3.05, 3.63) is 42.0 Å². The number of H-pyrrole nitrogens is 1. The highest BCUT2D eigenvalue weighted by Crippen LogP contribution is 2.34. The SMILES string of the molecule is O=S(=O)(c1ccccc1F)N1CC(O)(c2cn[nH]n2)C1. The molecule has 0 aliphatic carbocycles. The van der Waals surface area contributed by atoms with Gasteiger partial charge in [-0.1, -0.05) is 12.1 Å². The molecule has 106 valence electrons. The van der Waals surface area contributed by atoms with Gasteiger partial charge in [-0.05, 0) is 12.1 Å². The molecule has 0 unspecified atom stereocenters. The van der Waals surface area contributed by atoms with Gasteiger partial charge < -0.3 is 5.11 Å². The van der Waals surface area contributed by atoms with Gasteiger partial charge in [-0.15, -0.1) is 0 Å². The van der Waals surface area contributed by atoms with Crippen LogP contribution in [0.25, 0.3) is 0 Å². The fourth-order valence-corrected chi connectivity index (χ4v) is 3.70. The number of β-amino-alcohol motifs (C(OH)–C–C–N with tert-alkyl or cyclic N) is 1. The lowest BCUT2D eigenvalue weighted by molar-refractivity contribution is -0.0683. The number of aromatic amines is 1. The molecule has 0 spiro atoms. The van der Waals surface area contributed by atoms with Gasteiger partial charge in [-0.2, -0.15) is 19.7 Å². The third-order valence-corrected chi connectivity index (χ3v) is 5.05. The Labute approximate surface area is 114 Å². The van der Waals surface area contributed by atoms with Crippen LogP contribution in [0, 0.1) is 5.82 Å². The number of nitrogens with one attached hydrogen (secondary N) is 1. The summed E-state index contributed by atoms with van der Waals surface area (Å²) in [5.74, 6) is -0.815. The van der Waals surface area contributed by atoms with Crippen LogP contribution in [0.3, 0.4) is 0 Å². The molecule has 2 heterocycles. The van der Waals surface area contributed by atoms with Gasteiger partial charge >= 0.3 is 0 Å². The van der Waals surface area contributed by atoms with E-state index in [4.69, 9.17) is 0 Å². The molecule has 3 rings (SSSR count). The molecule has 0 amide bonds. The zero-order chi connectivity index (χ0) is 14.4. The Morgan fingerprint density at radius 1 is 1.35 bits per heavy atom. The van der Waals surface area contributed by atoms with Crippen LogP contribution in [0.5, 0.6) is 0 Å².